The van der Waals surface area contributed by atoms with Crippen LogP contribution >= 0.6 is 23.1 Å². The first-order valence-electron chi connectivity index (χ1n) is 7.54. The second-order valence-corrected chi connectivity index (χ2v) is 7.53. The number of benzene rings is 1. The number of nitrogens with two attached hydrogens (primary N) is 2. The van der Waals surface area contributed by atoms with Crippen LogP contribution in [0, 0.1) is 0 Å². The molecule has 1 aromatic heterocycles. The number of hydrogen-bond acceptors (Lipinski definition) is 5. The summed E-state index contributed by atoms with van der Waals surface area (Å²) in [6.45, 7) is 0. The van der Waals surface area contributed by atoms with Crippen molar-refractivity contribution in [3.63, 3.8) is 0 Å². The van der Waals surface area contributed by atoms with Crippen LogP contribution in [0.3, 0.4) is 0 Å². The number of nitrogens with zero attached hydrogens (tertiary/aromatic N) is 1. The number of urea groups is 1. The fourth-order valence-electron chi connectivity index (χ4n) is 2.65. The van der Waals surface area contributed by atoms with E-state index in [-0.39, 0.29) is 7.43 Å². The minimum atomic E-state index is -0.520. The van der Waals surface area contributed by atoms with Gasteiger partial charge in [-0.3, -0.25) is 5.43 Å². The van der Waals surface area contributed by atoms with Gasteiger partial charge in [-0.1, -0.05) is 32.0 Å². The molecular weight excluding hydrogens is 340 g/mol. The van der Waals surface area contributed by atoms with Crippen LogP contribution in [0.25, 0.3) is 0 Å². The molecule has 1 fully saturated rings. The van der Waals surface area contributed by atoms with Crippen molar-refractivity contribution >= 4 is 34.8 Å². The van der Waals surface area contributed by atoms with Gasteiger partial charge in [-0.15, -0.1) is 23.1 Å². The first-order chi connectivity index (χ1) is 11.2. The first kappa shape index (κ1) is 18.8. The normalized spacial score (nSPS) is 13.8. The smallest absolute Gasteiger partial charge is 0.274 e. The van der Waals surface area contributed by atoms with E-state index in [4.69, 9.17) is 11.7 Å². The molecule has 7 heteroatoms. The van der Waals surface area contributed by atoms with Crippen molar-refractivity contribution < 1.29 is 4.79 Å². The first-order valence-corrected chi connectivity index (χ1v) is 9.40. The van der Waals surface area contributed by atoms with Crippen molar-refractivity contribution in [1.29, 1.82) is 0 Å². The van der Waals surface area contributed by atoms with Crippen LogP contribution in [-0.2, 0) is 5.75 Å². The number of nitrogens with one attached hydrogen (secondary N) is 1. The van der Waals surface area contributed by atoms with Crippen LogP contribution in [0.15, 0.2) is 40.6 Å². The molecule has 0 radical (unpaired) electrons. The number of hydrogen-bond donors (Lipinski definition) is 3. The molecule has 1 aliphatic carbocycles. The van der Waals surface area contributed by atoms with Crippen molar-refractivity contribution in [2.24, 2.45) is 11.7 Å². The lowest BCUT2D eigenvalue weighted by Gasteiger charge is -2.30. The number of carbonyl (C=O) groups is 1. The largest absolute Gasteiger partial charge is 0.350 e. The van der Waals surface area contributed by atoms with Crippen molar-refractivity contribution in [3.8, 4) is 0 Å². The molecule has 1 aromatic carbocycles. The van der Waals surface area contributed by atoms with Crippen molar-refractivity contribution in [2.45, 2.75) is 43.3 Å². The highest BCUT2D eigenvalue weighted by Gasteiger charge is 2.26. The maximum Gasteiger partial charge on any atom is 0.350 e. The topological polar surface area (TPSA) is 84.4 Å². The summed E-state index contributed by atoms with van der Waals surface area (Å²) in [5.41, 5.74) is 4.09. The van der Waals surface area contributed by atoms with Crippen LogP contribution in [0.4, 0.5) is 10.5 Å². The quantitative estimate of drug-likeness (QED) is 0.321. The zero-order chi connectivity index (χ0) is 16.2. The van der Waals surface area contributed by atoms with E-state index in [1.807, 2.05) is 12.1 Å². The summed E-state index contributed by atoms with van der Waals surface area (Å²) >= 11 is 3.47. The number of rotatable bonds is 5. The van der Waals surface area contributed by atoms with Crippen LogP contribution < -0.4 is 22.1 Å². The molecule has 5 N–H and O–H groups in total. The number of thioether (sulfide) groups is 1. The van der Waals surface area contributed by atoms with E-state index in [2.05, 4.69) is 29.0 Å². The maximum absolute atomic E-state index is 11.8. The summed E-state index contributed by atoms with van der Waals surface area (Å²) in [4.78, 5) is 14.2. The molecule has 1 aliphatic rings. The van der Waals surface area contributed by atoms with E-state index >= 15 is 0 Å². The standard InChI is InChI=1S/C16H20N4OS2.CH4/c17-19-16(21)20(18)14-8-2-7-13(11-4-1-5-11)15(14)23-10-12-6-3-9-22-12;/h2-3,6-9,11H,1,4-5,10,17-18H2,(H,19,21);1H4. The van der Waals surface area contributed by atoms with Gasteiger partial charge in [-0.25, -0.2) is 21.5 Å². The van der Waals surface area contributed by atoms with Gasteiger partial charge in [0.25, 0.3) is 0 Å². The van der Waals surface area contributed by atoms with Crippen LogP contribution in [0.1, 0.15) is 43.0 Å². The van der Waals surface area contributed by atoms with Crippen molar-refractivity contribution in [2.75, 3.05) is 5.01 Å². The van der Waals surface area contributed by atoms with Crippen LogP contribution in [0.2, 0.25) is 0 Å². The molecule has 0 aliphatic heterocycles. The van der Waals surface area contributed by atoms with Gasteiger partial charge < -0.3 is 0 Å². The predicted octanol–water partition coefficient (Wildman–Crippen LogP) is 4.21. The second-order valence-electron chi connectivity index (χ2n) is 5.51. The van der Waals surface area contributed by atoms with Gasteiger partial charge in [0.15, 0.2) is 0 Å². The molecule has 2 aromatic rings. The fraction of sp³-hybridized carbons (Fsp3) is 0.353. The Kier molecular flexibility index (Phi) is 6.68. The molecule has 5 nitrogen and oxygen atoms in total. The zero-order valence-corrected chi connectivity index (χ0v) is 14.3. The van der Waals surface area contributed by atoms with Crippen molar-refractivity contribution in [1.82, 2.24) is 5.43 Å². The van der Waals surface area contributed by atoms with E-state index < -0.39 is 6.03 Å². The van der Waals surface area contributed by atoms with E-state index in [9.17, 15) is 4.79 Å². The van der Waals surface area contributed by atoms with Gasteiger partial charge >= 0.3 is 6.03 Å². The van der Waals surface area contributed by atoms with Gasteiger partial charge in [0, 0.05) is 15.5 Å². The Morgan fingerprint density at radius 2 is 2.12 bits per heavy atom. The SMILES string of the molecule is C.NNC(=O)N(N)c1cccc(C2CCC2)c1SCc1cccs1. The minimum absolute atomic E-state index is 0. The lowest BCUT2D eigenvalue weighted by Crippen LogP contribution is -2.47. The van der Waals surface area contributed by atoms with Gasteiger partial charge in [0.1, 0.15) is 0 Å². The molecule has 0 spiro atoms. The molecule has 0 bridgehead atoms. The minimum Gasteiger partial charge on any atom is -0.274 e. The highest BCUT2D eigenvalue weighted by Crippen LogP contribution is 2.45. The summed E-state index contributed by atoms with van der Waals surface area (Å²) < 4.78 is 0. The Balaban J connectivity index is 0.00000208. The third-order valence-electron chi connectivity index (χ3n) is 4.11. The number of carbonyl (C=O) groups excluding carboxylic acids is 1. The van der Waals surface area contributed by atoms with E-state index in [1.54, 1.807) is 23.1 Å². The number of anilines is 1. The van der Waals surface area contributed by atoms with Crippen molar-refractivity contribution in [3.05, 3.63) is 46.2 Å². The summed E-state index contributed by atoms with van der Waals surface area (Å²) in [5.74, 6) is 12.6. The number of amides is 2. The molecule has 0 atom stereocenters. The maximum atomic E-state index is 11.8. The predicted molar refractivity (Wildman–Crippen MR) is 103 cm³/mol. The fourth-order valence-corrected chi connectivity index (χ4v) is 4.68. The molecule has 24 heavy (non-hydrogen) atoms. The summed E-state index contributed by atoms with van der Waals surface area (Å²) in [6, 6.07) is 9.63. The Bertz CT molecular complexity index is 671. The number of hydrazine groups is 2. The van der Waals surface area contributed by atoms with E-state index in [1.165, 1.54) is 29.7 Å². The molecule has 0 unspecified atom stereocenters. The second kappa shape index (κ2) is 8.53. The molecule has 1 saturated carbocycles. The molecule has 130 valence electrons. The van der Waals surface area contributed by atoms with Gasteiger partial charge in [-0.2, -0.15) is 0 Å². The van der Waals surface area contributed by atoms with Crippen LogP contribution in [-0.4, -0.2) is 6.03 Å². The van der Waals surface area contributed by atoms with E-state index in [0.717, 1.165) is 15.7 Å². The highest BCUT2D eigenvalue weighted by molar-refractivity contribution is 7.98. The zero-order valence-electron chi connectivity index (χ0n) is 12.7. The Morgan fingerprint density at radius 1 is 1.33 bits per heavy atom. The number of thiophene rings is 1. The summed E-state index contributed by atoms with van der Waals surface area (Å²) in [7, 11) is 0. The monoisotopic (exact) mass is 364 g/mol. The lowest BCUT2D eigenvalue weighted by atomic mass is 9.80. The third-order valence-corrected chi connectivity index (χ3v) is 6.36. The summed E-state index contributed by atoms with van der Waals surface area (Å²) in [5, 5.41) is 3.17. The summed E-state index contributed by atoms with van der Waals surface area (Å²) in [6.07, 6.45) is 3.66. The molecule has 2 amide bonds. The Morgan fingerprint density at radius 3 is 2.71 bits per heavy atom. The van der Waals surface area contributed by atoms with E-state index in [0.29, 0.717) is 11.6 Å². The van der Waals surface area contributed by atoms with Gasteiger partial charge in [0.05, 0.1) is 5.69 Å². The molecular formula is C17H24N4OS2. The molecule has 0 saturated heterocycles. The van der Waals surface area contributed by atoms with Gasteiger partial charge in [0.2, 0.25) is 0 Å². The highest BCUT2D eigenvalue weighted by atomic mass is 32.2. The third kappa shape index (κ3) is 3.92. The average molecular weight is 365 g/mol. The molecule has 1 heterocycles. The molecule has 3 rings (SSSR count). The Hall–Kier alpha value is -1.54. The average Bonchev–Trinajstić information content (AvgIpc) is 3.03. The lowest BCUT2D eigenvalue weighted by molar-refractivity contribution is 0.246. The van der Waals surface area contributed by atoms with Gasteiger partial charge in [-0.05, 0) is 41.8 Å². The van der Waals surface area contributed by atoms with Crippen LogP contribution in [0.5, 0.6) is 0 Å². The Labute approximate surface area is 151 Å².